The summed E-state index contributed by atoms with van der Waals surface area (Å²) in [7, 11) is 1.68. The van der Waals surface area contributed by atoms with E-state index in [-0.39, 0.29) is 11.5 Å². The normalized spacial score (nSPS) is 19.5. The summed E-state index contributed by atoms with van der Waals surface area (Å²) in [4.78, 5) is 25.8. The fraction of sp³-hybridized carbons (Fsp3) is 0.571. The number of carbonyl (C=O) groups is 1. The van der Waals surface area contributed by atoms with Gasteiger partial charge in [0, 0.05) is 44.0 Å². The zero-order valence-corrected chi connectivity index (χ0v) is 11.6. The molecule has 19 heavy (non-hydrogen) atoms. The van der Waals surface area contributed by atoms with Crippen LogP contribution >= 0.6 is 0 Å². The van der Waals surface area contributed by atoms with Crippen LogP contribution in [0.1, 0.15) is 30.1 Å². The Hall–Kier alpha value is -1.62. The van der Waals surface area contributed by atoms with Gasteiger partial charge in [-0.3, -0.25) is 9.59 Å². The fourth-order valence-corrected chi connectivity index (χ4v) is 2.48. The summed E-state index contributed by atoms with van der Waals surface area (Å²) in [5.74, 6) is -0.0414. The molecule has 0 spiro atoms. The highest BCUT2D eigenvalue weighted by Gasteiger charge is 2.24. The van der Waals surface area contributed by atoms with Crippen LogP contribution in [0.4, 0.5) is 0 Å². The molecule has 1 atom stereocenters. The number of aromatic nitrogens is 1. The van der Waals surface area contributed by atoms with Crippen LogP contribution in [0.3, 0.4) is 0 Å². The molecule has 1 unspecified atom stereocenters. The molecule has 0 saturated carbocycles. The predicted octanol–water partition coefficient (Wildman–Crippen LogP) is 0.599. The number of amides is 1. The van der Waals surface area contributed by atoms with Crippen LogP contribution in [-0.2, 0) is 7.05 Å². The molecule has 5 heteroatoms. The molecule has 2 rings (SSSR count). The molecule has 1 amide bonds. The van der Waals surface area contributed by atoms with E-state index in [0.717, 1.165) is 32.5 Å². The van der Waals surface area contributed by atoms with E-state index in [2.05, 4.69) is 12.2 Å². The summed E-state index contributed by atoms with van der Waals surface area (Å²) in [6.07, 6.45) is 3.75. The standard InChI is InChI=1S/C14H21N3O2/c1-3-15-12-5-4-7-17(10-12)14(19)11-6-8-16(2)13(18)9-11/h6,8-9,12,15H,3-5,7,10H2,1-2H3. The summed E-state index contributed by atoms with van der Waals surface area (Å²) < 4.78 is 1.47. The van der Waals surface area contributed by atoms with Crippen molar-refractivity contribution in [3.8, 4) is 0 Å². The van der Waals surface area contributed by atoms with E-state index < -0.39 is 0 Å². The second kappa shape index (κ2) is 6.02. The topological polar surface area (TPSA) is 54.3 Å². The van der Waals surface area contributed by atoms with Gasteiger partial charge in [-0.2, -0.15) is 0 Å². The summed E-state index contributed by atoms with van der Waals surface area (Å²) >= 11 is 0. The molecular weight excluding hydrogens is 242 g/mol. The molecule has 1 aliphatic heterocycles. The molecule has 1 saturated heterocycles. The van der Waals surface area contributed by atoms with Crippen LogP contribution in [0.25, 0.3) is 0 Å². The van der Waals surface area contributed by atoms with Gasteiger partial charge in [-0.05, 0) is 25.5 Å². The lowest BCUT2D eigenvalue weighted by Gasteiger charge is -2.33. The highest BCUT2D eigenvalue weighted by atomic mass is 16.2. The number of carbonyl (C=O) groups excluding carboxylic acids is 1. The molecule has 2 heterocycles. The van der Waals surface area contributed by atoms with Crippen molar-refractivity contribution < 1.29 is 4.79 Å². The molecule has 1 aliphatic rings. The highest BCUT2D eigenvalue weighted by molar-refractivity contribution is 5.94. The molecule has 0 aromatic carbocycles. The predicted molar refractivity (Wildman–Crippen MR) is 74.3 cm³/mol. The molecule has 1 fully saturated rings. The number of nitrogens with zero attached hydrogens (tertiary/aromatic N) is 2. The lowest BCUT2D eigenvalue weighted by Crippen LogP contribution is -2.48. The van der Waals surface area contributed by atoms with Crippen molar-refractivity contribution >= 4 is 5.91 Å². The summed E-state index contributed by atoms with van der Waals surface area (Å²) in [5.41, 5.74) is 0.339. The van der Waals surface area contributed by atoms with Crippen LogP contribution in [-0.4, -0.2) is 41.1 Å². The van der Waals surface area contributed by atoms with Crippen molar-refractivity contribution in [2.75, 3.05) is 19.6 Å². The number of aryl methyl sites for hydroxylation is 1. The minimum atomic E-state index is -0.147. The Kier molecular flexibility index (Phi) is 4.37. The maximum Gasteiger partial charge on any atom is 0.254 e. The monoisotopic (exact) mass is 263 g/mol. The van der Waals surface area contributed by atoms with E-state index in [4.69, 9.17) is 0 Å². The number of hydrogen-bond acceptors (Lipinski definition) is 3. The molecule has 0 aliphatic carbocycles. The number of rotatable bonds is 3. The van der Waals surface area contributed by atoms with Gasteiger partial charge in [-0.15, -0.1) is 0 Å². The number of nitrogens with one attached hydrogen (secondary N) is 1. The Bertz CT molecular complexity index is 508. The first-order valence-corrected chi connectivity index (χ1v) is 6.81. The van der Waals surface area contributed by atoms with E-state index in [1.807, 2.05) is 4.90 Å². The maximum absolute atomic E-state index is 12.4. The largest absolute Gasteiger partial charge is 0.337 e. The minimum Gasteiger partial charge on any atom is -0.337 e. The molecule has 0 bridgehead atoms. The molecular formula is C14H21N3O2. The van der Waals surface area contributed by atoms with Gasteiger partial charge < -0.3 is 14.8 Å². The van der Waals surface area contributed by atoms with Crippen molar-refractivity contribution in [2.45, 2.75) is 25.8 Å². The first kappa shape index (κ1) is 13.8. The zero-order chi connectivity index (χ0) is 13.8. The third-order valence-electron chi connectivity index (χ3n) is 3.55. The van der Waals surface area contributed by atoms with E-state index in [0.29, 0.717) is 11.6 Å². The van der Waals surface area contributed by atoms with Gasteiger partial charge in [0.15, 0.2) is 0 Å². The van der Waals surface area contributed by atoms with Crippen molar-refractivity contribution in [3.05, 3.63) is 34.2 Å². The van der Waals surface area contributed by atoms with Crippen molar-refractivity contribution in [1.29, 1.82) is 0 Å². The summed E-state index contributed by atoms with van der Waals surface area (Å²) in [6, 6.07) is 3.49. The first-order valence-electron chi connectivity index (χ1n) is 6.81. The van der Waals surface area contributed by atoms with Gasteiger partial charge in [-0.25, -0.2) is 0 Å². The number of piperidine rings is 1. The first-order chi connectivity index (χ1) is 9.11. The van der Waals surface area contributed by atoms with Gasteiger partial charge in [0.1, 0.15) is 0 Å². The van der Waals surface area contributed by atoms with E-state index in [1.54, 1.807) is 19.3 Å². The third-order valence-corrected chi connectivity index (χ3v) is 3.55. The van der Waals surface area contributed by atoms with Gasteiger partial charge in [0.05, 0.1) is 0 Å². The Labute approximate surface area is 113 Å². The van der Waals surface area contributed by atoms with Crippen LogP contribution in [0.5, 0.6) is 0 Å². The quantitative estimate of drug-likeness (QED) is 0.869. The molecule has 104 valence electrons. The summed E-state index contributed by atoms with van der Waals surface area (Å²) in [6.45, 7) is 4.48. The Morgan fingerprint density at radius 3 is 3.00 bits per heavy atom. The Balaban J connectivity index is 2.10. The highest BCUT2D eigenvalue weighted by Crippen LogP contribution is 2.13. The van der Waals surface area contributed by atoms with Gasteiger partial charge in [-0.1, -0.05) is 6.92 Å². The average molecular weight is 263 g/mol. The number of likely N-dealkylation sites (N-methyl/N-ethyl adjacent to an activating group) is 1. The molecule has 1 aromatic heterocycles. The summed E-state index contributed by atoms with van der Waals surface area (Å²) in [5, 5.41) is 3.38. The lowest BCUT2D eigenvalue weighted by atomic mass is 10.0. The molecule has 1 aromatic rings. The molecule has 0 radical (unpaired) electrons. The van der Waals surface area contributed by atoms with Gasteiger partial charge in [0.2, 0.25) is 0 Å². The number of hydrogen-bond donors (Lipinski definition) is 1. The van der Waals surface area contributed by atoms with Crippen molar-refractivity contribution in [2.24, 2.45) is 7.05 Å². The number of likely N-dealkylation sites (tertiary alicyclic amines) is 1. The van der Waals surface area contributed by atoms with Crippen LogP contribution in [0, 0.1) is 0 Å². The third kappa shape index (κ3) is 3.23. The molecule has 1 N–H and O–H groups in total. The van der Waals surface area contributed by atoms with Crippen molar-refractivity contribution in [1.82, 2.24) is 14.8 Å². The second-order valence-corrected chi connectivity index (χ2v) is 5.01. The molecule has 5 nitrogen and oxygen atoms in total. The number of pyridine rings is 1. The van der Waals surface area contributed by atoms with E-state index in [1.165, 1.54) is 10.6 Å². The van der Waals surface area contributed by atoms with E-state index in [9.17, 15) is 9.59 Å². The second-order valence-electron chi connectivity index (χ2n) is 5.01. The van der Waals surface area contributed by atoms with Crippen LogP contribution < -0.4 is 10.9 Å². The fourth-order valence-electron chi connectivity index (χ4n) is 2.48. The van der Waals surface area contributed by atoms with Gasteiger partial charge >= 0.3 is 0 Å². The van der Waals surface area contributed by atoms with Crippen LogP contribution in [0.2, 0.25) is 0 Å². The van der Waals surface area contributed by atoms with Crippen LogP contribution in [0.15, 0.2) is 23.1 Å². The Morgan fingerprint density at radius 1 is 1.53 bits per heavy atom. The van der Waals surface area contributed by atoms with Gasteiger partial charge in [0.25, 0.3) is 11.5 Å². The minimum absolute atomic E-state index is 0.0414. The SMILES string of the molecule is CCNC1CCCN(C(=O)c2ccn(C)c(=O)c2)C1. The maximum atomic E-state index is 12.4. The average Bonchev–Trinajstić information content (AvgIpc) is 2.42. The lowest BCUT2D eigenvalue weighted by molar-refractivity contribution is 0.0695. The Morgan fingerprint density at radius 2 is 2.32 bits per heavy atom. The van der Waals surface area contributed by atoms with E-state index >= 15 is 0 Å². The zero-order valence-electron chi connectivity index (χ0n) is 11.6. The smallest absolute Gasteiger partial charge is 0.254 e. The van der Waals surface area contributed by atoms with Crippen molar-refractivity contribution in [3.63, 3.8) is 0 Å².